The van der Waals surface area contributed by atoms with Gasteiger partial charge in [-0.3, -0.25) is 19.0 Å². The topological polar surface area (TPSA) is 93.8 Å². The number of rotatable bonds is 5. The van der Waals surface area contributed by atoms with E-state index in [1.54, 1.807) is 31.0 Å². The number of nitrogens with one attached hydrogen (secondary N) is 2. The highest BCUT2D eigenvalue weighted by atomic mass is 16.2. The first-order valence-electron chi connectivity index (χ1n) is 7.70. The van der Waals surface area contributed by atoms with Gasteiger partial charge in [0.2, 0.25) is 5.91 Å². The van der Waals surface area contributed by atoms with E-state index in [2.05, 4.69) is 20.8 Å². The highest BCUT2D eigenvalue weighted by Gasteiger charge is 2.15. The molecule has 2 amide bonds. The second-order valence-electron chi connectivity index (χ2n) is 5.58. The predicted molar refractivity (Wildman–Crippen MR) is 93.1 cm³/mol. The summed E-state index contributed by atoms with van der Waals surface area (Å²) in [5.41, 5.74) is 1.11. The molecule has 1 aromatic carbocycles. The van der Waals surface area contributed by atoms with Crippen LogP contribution in [0.4, 0.5) is 11.6 Å². The molecule has 2 aromatic heterocycles. The van der Waals surface area contributed by atoms with Crippen molar-refractivity contribution in [1.82, 2.24) is 19.6 Å². The van der Waals surface area contributed by atoms with Crippen LogP contribution in [-0.2, 0) is 25.3 Å². The molecule has 3 rings (SSSR count). The van der Waals surface area contributed by atoms with Crippen LogP contribution in [0.5, 0.6) is 0 Å². The molecule has 2 N–H and O–H groups in total. The third-order valence-electron chi connectivity index (χ3n) is 3.54. The summed E-state index contributed by atoms with van der Waals surface area (Å²) in [7, 11) is 3.42. The quantitative estimate of drug-likeness (QED) is 0.739. The van der Waals surface area contributed by atoms with Gasteiger partial charge in [0.05, 0.1) is 6.42 Å². The third-order valence-corrected chi connectivity index (χ3v) is 3.54. The molecule has 0 atom stereocenters. The van der Waals surface area contributed by atoms with E-state index in [0.29, 0.717) is 11.6 Å². The summed E-state index contributed by atoms with van der Waals surface area (Å²) in [5.74, 6) is 0.323. The minimum Gasteiger partial charge on any atom is -0.311 e. The summed E-state index contributed by atoms with van der Waals surface area (Å²) in [5, 5.41) is 13.6. The van der Waals surface area contributed by atoms with E-state index in [9.17, 15) is 9.59 Å². The molecule has 0 aliphatic heterocycles. The Hall–Kier alpha value is -3.42. The molecule has 0 bridgehead atoms. The number of amides is 2. The molecule has 0 radical (unpaired) electrons. The largest absolute Gasteiger partial charge is 0.311 e. The second-order valence-corrected chi connectivity index (χ2v) is 5.58. The summed E-state index contributed by atoms with van der Waals surface area (Å²) in [6, 6.07) is 12.6. The Morgan fingerprint density at radius 3 is 2.48 bits per heavy atom. The van der Waals surface area contributed by atoms with Crippen molar-refractivity contribution in [2.45, 2.75) is 6.42 Å². The number of carbonyl (C=O) groups is 2. The van der Waals surface area contributed by atoms with Gasteiger partial charge in [-0.15, -0.1) is 0 Å². The average Bonchev–Trinajstić information content (AvgIpc) is 3.14. The summed E-state index contributed by atoms with van der Waals surface area (Å²) in [6.45, 7) is 0. The zero-order valence-corrected chi connectivity index (χ0v) is 13.9. The maximum absolute atomic E-state index is 12.2. The number of benzene rings is 1. The van der Waals surface area contributed by atoms with Crippen molar-refractivity contribution in [3.05, 3.63) is 59.9 Å². The minimum atomic E-state index is -0.391. The normalized spacial score (nSPS) is 10.5. The number of carbonyl (C=O) groups excluding carboxylic acids is 2. The first-order valence-corrected chi connectivity index (χ1v) is 7.70. The molecule has 0 saturated carbocycles. The van der Waals surface area contributed by atoms with Crippen LogP contribution in [0.1, 0.15) is 16.1 Å². The van der Waals surface area contributed by atoms with Gasteiger partial charge < -0.3 is 10.6 Å². The lowest BCUT2D eigenvalue weighted by Crippen LogP contribution is -2.16. The Kier molecular flexibility index (Phi) is 4.60. The molecule has 0 spiro atoms. The second kappa shape index (κ2) is 7.00. The summed E-state index contributed by atoms with van der Waals surface area (Å²) < 4.78 is 3.04. The molecular formula is C17H18N6O2. The number of hydrogen-bond acceptors (Lipinski definition) is 4. The third kappa shape index (κ3) is 4.11. The molecule has 0 aliphatic rings. The molecule has 3 aromatic rings. The Balaban J connectivity index is 1.65. The molecule has 2 heterocycles. The summed E-state index contributed by atoms with van der Waals surface area (Å²) in [4.78, 5) is 24.4. The Labute approximate surface area is 144 Å². The highest BCUT2D eigenvalue weighted by molar-refractivity contribution is 6.03. The first kappa shape index (κ1) is 16.4. The average molecular weight is 338 g/mol. The Morgan fingerprint density at radius 1 is 1.04 bits per heavy atom. The van der Waals surface area contributed by atoms with Crippen LogP contribution in [0.3, 0.4) is 0 Å². The van der Waals surface area contributed by atoms with E-state index >= 15 is 0 Å². The van der Waals surface area contributed by atoms with E-state index < -0.39 is 5.91 Å². The lowest BCUT2D eigenvalue weighted by Gasteiger charge is -2.04. The monoisotopic (exact) mass is 338 g/mol. The maximum atomic E-state index is 12.2. The van der Waals surface area contributed by atoms with E-state index in [1.165, 1.54) is 10.7 Å². The summed E-state index contributed by atoms with van der Waals surface area (Å²) in [6.07, 6.45) is 1.98. The van der Waals surface area contributed by atoms with Crippen LogP contribution in [0.25, 0.3) is 0 Å². The van der Waals surface area contributed by atoms with E-state index in [4.69, 9.17) is 0 Å². The van der Waals surface area contributed by atoms with Gasteiger partial charge in [0.15, 0.2) is 11.5 Å². The standard InChI is InChI=1S/C17H18N6O2/c1-22-9-8-14(21-22)18-17(25)13-11-15(23(2)20-13)19-16(24)10-12-6-4-3-5-7-12/h3-9,11H,10H2,1-2H3,(H,19,24)(H,18,21,25). The van der Waals surface area contributed by atoms with Gasteiger partial charge in [0.1, 0.15) is 5.82 Å². The van der Waals surface area contributed by atoms with Gasteiger partial charge in [-0.05, 0) is 5.56 Å². The molecule has 128 valence electrons. The lowest BCUT2D eigenvalue weighted by molar-refractivity contribution is -0.115. The van der Waals surface area contributed by atoms with Crippen molar-refractivity contribution in [2.24, 2.45) is 14.1 Å². The van der Waals surface area contributed by atoms with Crippen LogP contribution >= 0.6 is 0 Å². The van der Waals surface area contributed by atoms with Gasteiger partial charge >= 0.3 is 0 Å². The fourth-order valence-electron chi connectivity index (χ4n) is 2.33. The molecular weight excluding hydrogens is 320 g/mol. The van der Waals surface area contributed by atoms with Gasteiger partial charge in [-0.25, -0.2) is 0 Å². The fourth-order valence-corrected chi connectivity index (χ4v) is 2.33. The molecule has 0 aliphatic carbocycles. The Bertz CT molecular complexity index is 897. The predicted octanol–water partition coefficient (Wildman–Crippen LogP) is 1.59. The van der Waals surface area contributed by atoms with Crippen molar-refractivity contribution in [3.8, 4) is 0 Å². The molecule has 0 saturated heterocycles. The fraction of sp³-hybridized carbons (Fsp3) is 0.176. The van der Waals surface area contributed by atoms with Crippen LogP contribution < -0.4 is 10.6 Å². The zero-order chi connectivity index (χ0) is 17.8. The van der Waals surface area contributed by atoms with Gasteiger partial charge in [0.25, 0.3) is 5.91 Å². The number of aryl methyl sites for hydroxylation is 2. The SMILES string of the molecule is Cn1ccc(NC(=O)c2cc(NC(=O)Cc3ccccc3)n(C)n2)n1. The van der Waals surface area contributed by atoms with Crippen molar-refractivity contribution in [3.63, 3.8) is 0 Å². The molecule has 0 unspecified atom stereocenters. The number of nitrogens with zero attached hydrogens (tertiary/aromatic N) is 4. The zero-order valence-electron chi connectivity index (χ0n) is 13.9. The Morgan fingerprint density at radius 2 is 1.80 bits per heavy atom. The van der Waals surface area contributed by atoms with Crippen molar-refractivity contribution < 1.29 is 9.59 Å². The van der Waals surface area contributed by atoms with Crippen LogP contribution in [0.15, 0.2) is 48.7 Å². The molecule has 8 nitrogen and oxygen atoms in total. The van der Waals surface area contributed by atoms with E-state index in [-0.39, 0.29) is 18.0 Å². The first-order chi connectivity index (χ1) is 12.0. The van der Waals surface area contributed by atoms with Gasteiger partial charge in [-0.1, -0.05) is 30.3 Å². The van der Waals surface area contributed by atoms with E-state index in [1.807, 2.05) is 30.3 Å². The van der Waals surface area contributed by atoms with Gasteiger partial charge in [-0.2, -0.15) is 10.2 Å². The van der Waals surface area contributed by atoms with Crippen LogP contribution in [0, 0.1) is 0 Å². The molecule has 0 fully saturated rings. The highest BCUT2D eigenvalue weighted by Crippen LogP contribution is 2.12. The number of anilines is 2. The van der Waals surface area contributed by atoms with Crippen LogP contribution in [-0.4, -0.2) is 31.4 Å². The van der Waals surface area contributed by atoms with Crippen molar-refractivity contribution in [1.29, 1.82) is 0 Å². The number of hydrogen-bond donors (Lipinski definition) is 2. The maximum Gasteiger partial charge on any atom is 0.277 e. The summed E-state index contributed by atoms with van der Waals surface area (Å²) >= 11 is 0. The smallest absolute Gasteiger partial charge is 0.277 e. The van der Waals surface area contributed by atoms with Gasteiger partial charge in [0, 0.05) is 32.4 Å². The van der Waals surface area contributed by atoms with Crippen molar-refractivity contribution in [2.75, 3.05) is 10.6 Å². The van der Waals surface area contributed by atoms with Crippen LogP contribution in [0.2, 0.25) is 0 Å². The number of aromatic nitrogens is 4. The molecule has 25 heavy (non-hydrogen) atoms. The lowest BCUT2D eigenvalue weighted by atomic mass is 10.1. The van der Waals surface area contributed by atoms with Crippen molar-refractivity contribution >= 4 is 23.5 Å². The van der Waals surface area contributed by atoms with E-state index in [0.717, 1.165) is 5.56 Å². The minimum absolute atomic E-state index is 0.175. The molecule has 8 heteroatoms.